The molecule has 0 bridgehead atoms. The minimum Gasteiger partial charge on any atom is -0.489 e. The number of unbranched alkanes of at least 4 members (excludes halogenated alkanes) is 1. The van der Waals surface area contributed by atoms with Gasteiger partial charge in [-0.1, -0.05) is 18.6 Å². The lowest BCUT2D eigenvalue weighted by Crippen LogP contribution is -2.29. The third-order valence-corrected chi connectivity index (χ3v) is 5.98. The number of carboxylic acid groups (broad SMARTS) is 1. The lowest BCUT2D eigenvalue weighted by molar-refractivity contribution is -0.143. The first-order valence-electron chi connectivity index (χ1n) is 11.4. The predicted molar refractivity (Wildman–Crippen MR) is 121 cm³/mol. The van der Waals surface area contributed by atoms with E-state index in [2.05, 4.69) is 22.2 Å². The summed E-state index contributed by atoms with van der Waals surface area (Å²) in [6.45, 7) is 4.59. The third kappa shape index (κ3) is 6.21. The Morgan fingerprint density at radius 2 is 2.09 bits per heavy atom. The zero-order chi connectivity index (χ0) is 24.0. The van der Waals surface area contributed by atoms with Gasteiger partial charge in [0, 0.05) is 20.6 Å². The predicted octanol–water partition coefficient (Wildman–Crippen LogP) is 3.58. The van der Waals surface area contributed by atoms with Gasteiger partial charge in [0.25, 0.3) is 0 Å². The van der Waals surface area contributed by atoms with Gasteiger partial charge in [-0.3, -0.25) is 4.79 Å². The molecule has 0 aromatic carbocycles. The molecular formula is C23H33N5O5. The van der Waals surface area contributed by atoms with E-state index >= 15 is 0 Å². The molecule has 2 aromatic heterocycles. The maximum absolute atomic E-state index is 12.2. The molecule has 33 heavy (non-hydrogen) atoms. The van der Waals surface area contributed by atoms with Crippen LogP contribution in [0, 0.1) is 12.8 Å². The van der Waals surface area contributed by atoms with E-state index in [0.717, 1.165) is 25.7 Å². The van der Waals surface area contributed by atoms with Crippen LogP contribution in [0.3, 0.4) is 0 Å². The Labute approximate surface area is 193 Å². The summed E-state index contributed by atoms with van der Waals surface area (Å²) < 4.78 is 13.1. The van der Waals surface area contributed by atoms with E-state index in [4.69, 9.17) is 9.47 Å². The fourth-order valence-electron chi connectivity index (χ4n) is 3.93. The number of nitrogens with zero attached hydrogens (tertiary/aromatic N) is 5. The highest BCUT2D eigenvalue weighted by molar-refractivity contribution is 5.70. The monoisotopic (exact) mass is 459 g/mol. The maximum Gasteiger partial charge on any atom is 0.409 e. The van der Waals surface area contributed by atoms with Crippen molar-refractivity contribution in [3.63, 3.8) is 0 Å². The van der Waals surface area contributed by atoms with E-state index in [9.17, 15) is 14.7 Å². The minimum atomic E-state index is -0.763. The van der Waals surface area contributed by atoms with E-state index in [-0.39, 0.29) is 18.6 Å². The largest absolute Gasteiger partial charge is 0.489 e. The number of ether oxygens (including phenoxy) is 2. The molecule has 1 fully saturated rings. The van der Waals surface area contributed by atoms with E-state index in [1.165, 1.54) is 0 Å². The van der Waals surface area contributed by atoms with Crippen molar-refractivity contribution in [2.75, 3.05) is 13.6 Å². The third-order valence-electron chi connectivity index (χ3n) is 5.98. The second kappa shape index (κ2) is 11.1. The standard InChI is InChI=1S/C23H33N5O5/c1-5-6-12-27(3)23(31)32-14-19-21(25-26-28(19)4)18-10-11-20(15(2)24-18)33-17-9-7-8-16(13-17)22(29)30/h10-11,16-17H,5-9,12-14H2,1-4H3,(H,29,30). The summed E-state index contributed by atoms with van der Waals surface area (Å²) in [6, 6.07) is 3.62. The number of carbonyl (C=O) groups excluding carboxylic acids is 1. The smallest absolute Gasteiger partial charge is 0.409 e. The van der Waals surface area contributed by atoms with Crippen LogP contribution in [-0.4, -0.2) is 61.7 Å². The van der Waals surface area contributed by atoms with Crippen LogP contribution >= 0.6 is 0 Å². The SMILES string of the molecule is CCCCN(C)C(=O)OCc1c(-c2ccc(OC3CCCC(C(=O)O)C3)c(C)n2)nnn1C. The zero-order valence-electron chi connectivity index (χ0n) is 19.8. The zero-order valence-corrected chi connectivity index (χ0v) is 19.8. The van der Waals surface area contributed by atoms with Gasteiger partial charge in [0.05, 0.1) is 23.4 Å². The van der Waals surface area contributed by atoms with E-state index in [0.29, 0.717) is 47.9 Å². The van der Waals surface area contributed by atoms with Crippen LogP contribution in [0.5, 0.6) is 5.75 Å². The molecular weight excluding hydrogens is 426 g/mol. The van der Waals surface area contributed by atoms with Gasteiger partial charge in [-0.2, -0.15) is 0 Å². The molecule has 2 unspecified atom stereocenters. The average molecular weight is 460 g/mol. The summed E-state index contributed by atoms with van der Waals surface area (Å²) in [5.74, 6) is -0.493. The van der Waals surface area contributed by atoms with Crippen molar-refractivity contribution >= 4 is 12.1 Å². The van der Waals surface area contributed by atoms with Gasteiger partial charge in [0.2, 0.25) is 0 Å². The quantitative estimate of drug-likeness (QED) is 0.604. The number of aromatic nitrogens is 4. The van der Waals surface area contributed by atoms with Gasteiger partial charge in [0.1, 0.15) is 23.7 Å². The number of aryl methyl sites for hydroxylation is 2. The van der Waals surface area contributed by atoms with Crippen LogP contribution in [0.2, 0.25) is 0 Å². The topological polar surface area (TPSA) is 120 Å². The molecule has 0 saturated heterocycles. The first-order valence-corrected chi connectivity index (χ1v) is 11.4. The molecule has 1 amide bonds. The first kappa shape index (κ1) is 24.5. The van der Waals surface area contributed by atoms with Crippen molar-refractivity contribution in [3.8, 4) is 17.1 Å². The second-order valence-corrected chi connectivity index (χ2v) is 8.56. The minimum absolute atomic E-state index is 0.0335. The normalized spacial score (nSPS) is 18.1. The van der Waals surface area contributed by atoms with Gasteiger partial charge in [-0.15, -0.1) is 5.10 Å². The summed E-state index contributed by atoms with van der Waals surface area (Å²) in [5.41, 5.74) is 2.47. The number of hydrogen-bond acceptors (Lipinski definition) is 7. The molecule has 1 N–H and O–H groups in total. The Morgan fingerprint density at radius 3 is 2.79 bits per heavy atom. The van der Waals surface area contributed by atoms with Gasteiger partial charge in [-0.25, -0.2) is 14.5 Å². The Morgan fingerprint density at radius 1 is 1.30 bits per heavy atom. The number of aliphatic carboxylic acids is 1. The van der Waals surface area contributed by atoms with Crippen LogP contribution in [0.4, 0.5) is 4.79 Å². The van der Waals surface area contributed by atoms with Crippen molar-refractivity contribution < 1.29 is 24.2 Å². The highest BCUT2D eigenvalue weighted by Crippen LogP contribution is 2.30. The van der Waals surface area contributed by atoms with E-state index < -0.39 is 12.1 Å². The number of amides is 1. The van der Waals surface area contributed by atoms with Gasteiger partial charge < -0.3 is 19.5 Å². The molecule has 2 aromatic rings. The van der Waals surface area contributed by atoms with Crippen molar-refractivity contribution in [2.45, 2.75) is 65.1 Å². The Kier molecular flexibility index (Phi) is 8.24. The number of carbonyl (C=O) groups is 2. The van der Waals surface area contributed by atoms with Crippen LogP contribution in [0.1, 0.15) is 56.8 Å². The fraction of sp³-hybridized carbons (Fsp3) is 0.609. The molecule has 2 atom stereocenters. The van der Waals surface area contributed by atoms with Crippen LogP contribution < -0.4 is 4.74 Å². The highest BCUT2D eigenvalue weighted by atomic mass is 16.6. The summed E-state index contributed by atoms with van der Waals surface area (Å²) >= 11 is 0. The highest BCUT2D eigenvalue weighted by Gasteiger charge is 2.28. The van der Waals surface area contributed by atoms with Crippen molar-refractivity contribution in [3.05, 3.63) is 23.5 Å². The van der Waals surface area contributed by atoms with Crippen molar-refractivity contribution in [2.24, 2.45) is 13.0 Å². The van der Waals surface area contributed by atoms with Crippen molar-refractivity contribution in [1.29, 1.82) is 0 Å². The number of hydrogen-bond donors (Lipinski definition) is 1. The molecule has 0 aliphatic heterocycles. The van der Waals surface area contributed by atoms with Gasteiger partial charge >= 0.3 is 12.1 Å². The van der Waals surface area contributed by atoms with E-state index in [1.54, 1.807) is 29.7 Å². The molecule has 0 spiro atoms. The molecule has 0 radical (unpaired) electrons. The number of carboxylic acids is 1. The number of rotatable bonds is 9. The molecule has 1 aliphatic rings. The summed E-state index contributed by atoms with van der Waals surface area (Å²) in [5, 5.41) is 17.6. The molecule has 180 valence electrons. The average Bonchev–Trinajstić information content (AvgIpc) is 3.17. The molecule has 2 heterocycles. The maximum atomic E-state index is 12.2. The van der Waals surface area contributed by atoms with Gasteiger partial charge in [0.15, 0.2) is 0 Å². The van der Waals surface area contributed by atoms with Crippen LogP contribution in [-0.2, 0) is 23.2 Å². The van der Waals surface area contributed by atoms with E-state index in [1.807, 2.05) is 13.0 Å². The number of pyridine rings is 1. The second-order valence-electron chi connectivity index (χ2n) is 8.56. The summed E-state index contributed by atoms with van der Waals surface area (Å²) in [6.07, 6.45) is 4.25. The summed E-state index contributed by atoms with van der Waals surface area (Å²) in [7, 11) is 3.46. The lowest BCUT2D eigenvalue weighted by Gasteiger charge is -2.27. The molecule has 1 saturated carbocycles. The Hall–Kier alpha value is -3.17. The first-order chi connectivity index (χ1) is 15.8. The molecule has 3 rings (SSSR count). The van der Waals surface area contributed by atoms with Gasteiger partial charge in [-0.05, 0) is 51.2 Å². The van der Waals surface area contributed by atoms with Crippen LogP contribution in [0.25, 0.3) is 11.4 Å². The summed E-state index contributed by atoms with van der Waals surface area (Å²) in [4.78, 5) is 29.7. The molecule has 1 aliphatic carbocycles. The Balaban J connectivity index is 1.68. The fourth-order valence-corrected chi connectivity index (χ4v) is 3.93. The lowest BCUT2D eigenvalue weighted by atomic mass is 9.87. The molecule has 10 nitrogen and oxygen atoms in total. The van der Waals surface area contributed by atoms with Crippen molar-refractivity contribution in [1.82, 2.24) is 24.9 Å². The van der Waals surface area contributed by atoms with Crippen LogP contribution in [0.15, 0.2) is 12.1 Å². The Bertz CT molecular complexity index is 976. The molecule has 10 heteroatoms.